The molecule has 1 aliphatic heterocycles. The Hall–Kier alpha value is -1.82. The first-order valence-corrected chi connectivity index (χ1v) is 12.0. The number of rotatable bonds is 5. The Morgan fingerprint density at radius 2 is 1.81 bits per heavy atom. The number of nitrogens with one attached hydrogen (secondary N) is 1. The Kier molecular flexibility index (Phi) is 8.75. The Balaban J connectivity index is 0.000000423. The van der Waals surface area contributed by atoms with E-state index in [1.165, 1.54) is 17.2 Å². The lowest BCUT2D eigenvalue weighted by Crippen LogP contribution is -2.27. The van der Waals surface area contributed by atoms with Gasteiger partial charge >= 0.3 is 12.1 Å². The molecule has 0 atom stereocenters. The average Bonchev–Trinajstić information content (AvgIpc) is 3.02. The van der Waals surface area contributed by atoms with Crippen LogP contribution in [-0.2, 0) is 27.7 Å². The van der Waals surface area contributed by atoms with Gasteiger partial charge in [-0.15, -0.1) is 11.3 Å². The second-order valence-electron chi connectivity index (χ2n) is 6.79. The molecule has 31 heavy (non-hydrogen) atoms. The topological polar surface area (TPSA) is 86.7 Å². The summed E-state index contributed by atoms with van der Waals surface area (Å²) in [4.78, 5) is 11.4. The molecule has 2 aromatic rings. The number of thiophene rings is 1. The highest BCUT2D eigenvalue weighted by Gasteiger charge is 2.38. The average molecular weight is 499 g/mol. The molecule has 2 heterocycles. The highest BCUT2D eigenvalue weighted by Crippen LogP contribution is 2.28. The summed E-state index contributed by atoms with van der Waals surface area (Å²) in [5.74, 6) is -2.76. The number of aliphatic carboxylic acids is 1. The summed E-state index contributed by atoms with van der Waals surface area (Å²) < 4.78 is 59.9. The fraction of sp³-hybridized carbons (Fsp3) is 0.421. The van der Waals surface area contributed by atoms with Crippen molar-refractivity contribution in [3.8, 4) is 0 Å². The molecule has 1 aliphatic rings. The maximum absolute atomic E-state index is 12.4. The van der Waals surface area contributed by atoms with E-state index in [1.54, 1.807) is 6.07 Å². The van der Waals surface area contributed by atoms with Crippen LogP contribution in [0.25, 0.3) is 0 Å². The first-order valence-electron chi connectivity index (χ1n) is 9.35. The molecule has 0 saturated carbocycles. The third kappa shape index (κ3) is 7.67. The number of hydrogen-bond acceptors (Lipinski definition) is 5. The molecule has 0 fully saturated rings. The van der Waals surface area contributed by atoms with E-state index in [4.69, 9.17) is 21.5 Å². The lowest BCUT2D eigenvalue weighted by atomic mass is 10.0. The molecule has 12 heteroatoms. The van der Waals surface area contributed by atoms with E-state index in [1.807, 2.05) is 18.2 Å². The van der Waals surface area contributed by atoms with Crippen molar-refractivity contribution in [2.45, 2.75) is 36.6 Å². The zero-order valence-electron chi connectivity index (χ0n) is 16.6. The number of halogens is 4. The molecule has 6 nitrogen and oxygen atoms in total. The molecule has 1 aromatic carbocycles. The van der Waals surface area contributed by atoms with Gasteiger partial charge in [-0.2, -0.15) is 13.2 Å². The molecule has 172 valence electrons. The summed E-state index contributed by atoms with van der Waals surface area (Å²) in [6.07, 6.45) is -1.95. The third-order valence-corrected chi connectivity index (χ3v) is 7.55. The number of hydrogen-bond donors (Lipinski definition) is 2. The number of carboxylic acid groups (broad SMARTS) is 1. The van der Waals surface area contributed by atoms with E-state index < -0.39 is 22.2 Å². The van der Waals surface area contributed by atoms with E-state index in [9.17, 15) is 21.6 Å². The third-order valence-electron chi connectivity index (χ3n) is 4.45. The Bertz CT molecular complexity index is 1010. The number of fused-ring (bicyclic) bond motifs is 1. The Labute approximate surface area is 187 Å². The van der Waals surface area contributed by atoms with Gasteiger partial charge in [0, 0.05) is 18.8 Å². The van der Waals surface area contributed by atoms with E-state index in [2.05, 4.69) is 16.5 Å². The van der Waals surface area contributed by atoms with Gasteiger partial charge in [-0.05, 0) is 61.2 Å². The maximum atomic E-state index is 12.4. The molecule has 0 spiro atoms. The van der Waals surface area contributed by atoms with Gasteiger partial charge in [0.05, 0.1) is 4.34 Å². The second-order valence-corrected chi connectivity index (χ2v) is 10.4. The van der Waals surface area contributed by atoms with Gasteiger partial charge in [-0.1, -0.05) is 24.6 Å². The van der Waals surface area contributed by atoms with Gasteiger partial charge < -0.3 is 10.0 Å². The number of anilines is 1. The summed E-state index contributed by atoms with van der Waals surface area (Å²) in [7, 11) is -3.57. The molecule has 0 aliphatic carbocycles. The van der Waals surface area contributed by atoms with Crippen molar-refractivity contribution in [2.75, 3.05) is 24.4 Å². The van der Waals surface area contributed by atoms with Crippen molar-refractivity contribution in [3.63, 3.8) is 0 Å². The minimum Gasteiger partial charge on any atom is -0.475 e. The van der Waals surface area contributed by atoms with Gasteiger partial charge in [0.15, 0.2) is 0 Å². The first kappa shape index (κ1) is 25.4. The molecule has 0 unspecified atom stereocenters. The zero-order chi connectivity index (χ0) is 23.2. The van der Waals surface area contributed by atoms with Gasteiger partial charge in [0.25, 0.3) is 10.0 Å². The normalized spacial score (nSPS) is 14.7. The van der Waals surface area contributed by atoms with Crippen LogP contribution in [0.4, 0.5) is 18.9 Å². The highest BCUT2D eigenvalue weighted by molar-refractivity contribution is 7.94. The molecular formula is C19H22ClF3N2O4S2. The molecule has 0 amide bonds. The summed E-state index contributed by atoms with van der Waals surface area (Å²) in [5.41, 5.74) is 3.16. The van der Waals surface area contributed by atoms with E-state index in [-0.39, 0.29) is 4.21 Å². The van der Waals surface area contributed by atoms with E-state index in [0.29, 0.717) is 10.0 Å². The number of carbonyl (C=O) groups is 1. The van der Waals surface area contributed by atoms with Crippen molar-refractivity contribution >= 4 is 44.6 Å². The predicted octanol–water partition coefficient (Wildman–Crippen LogP) is 4.65. The number of carboxylic acids is 1. The van der Waals surface area contributed by atoms with Crippen LogP contribution in [0.1, 0.15) is 24.5 Å². The van der Waals surface area contributed by atoms with Crippen LogP contribution in [0.5, 0.6) is 0 Å². The standard InChI is InChI=1S/C17H21ClN2O2S2.C2HF3O2/c1-2-9-20-10-7-13-3-4-15(12-14(13)8-11-20)19-24(21,22)17-6-5-16(18)23-17;3-2(4,5)1(6)7/h3-6,12,19H,2,7-11H2,1H3;(H,6,7). The number of nitrogens with zero attached hydrogens (tertiary/aromatic N) is 1. The van der Waals surface area contributed by atoms with E-state index >= 15 is 0 Å². The summed E-state index contributed by atoms with van der Waals surface area (Å²) in [6, 6.07) is 8.99. The molecule has 0 bridgehead atoms. The van der Waals surface area contributed by atoms with Gasteiger partial charge in [-0.3, -0.25) is 4.72 Å². The van der Waals surface area contributed by atoms with Crippen molar-refractivity contribution in [3.05, 3.63) is 45.8 Å². The van der Waals surface area contributed by atoms with Crippen molar-refractivity contribution in [1.29, 1.82) is 0 Å². The van der Waals surface area contributed by atoms with Crippen molar-refractivity contribution < 1.29 is 31.5 Å². The van der Waals surface area contributed by atoms with Crippen LogP contribution in [0, 0.1) is 0 Å². The van der Waals surface area contributed by atoms with Crippen LogP contribution >= 0.6 is 22.9 Å². The number of alkyl halides is 3. The predicted molar refractivity (Wildman–Crippen MR) is 114 cm³/mol. The largest absolute Gasteiger partial charge is 0.490 e. The quantitative estimate of drug-likeness (QED) is 0.627. The van der Waals surface area contributed by atoms with Crippen LogP contribution in [0.15, 0.2) is 34.5 Å². The SMILES string of the molecule is CCCN1CCc2ccc(NS(=O)(=O)c3ccc(Cl)s3)cc2CC1.O=C(O)C(F)(F)F. The van der Waals surface area contributed by atoms with Gasteiger partial charge in [0.1, 0.15) is 4.21 Å². The highest BCUT2D eigenvalue weighted by atomic mass is 35.5. The summed E-state index contributed by atoms with van der Waals surface area (Å²) in [6.45, 7) is 5.41. The van der Waals surface area contributed by atoms with Crippen LogP contribution in [0.3, 0.4) is 0 Å². The van der Waals surface area contributed by atoms with Crippen LogP contribution in [0.2, 0.25) is 4.34 Å². The molecular weight excluding hydrogens is 477 g/mol. The molecule has 0 radical (unpaired) electrons. The zero-order valence-corrected chi connectivity index (χ0v) is 19.0. The summed E-state index contributed by atoms with van der Waals surface area (Å²) >= 11 is 6.90. The fourth-order valence-electron chi connectivity index (χ4n) is 3.02. The number of benzene rings is 1. The minimum atomic E-state index is -5.08. The Morgan fingerprint density at radius 3 is 2.32 bits per heavy atom. The molecule has 1 aromatic heterocycles. The van der Waals surface area contributed by atoms with Crippen LogP contribution in [-0.4, -0.2) is 50.2 Å². The van der Waals surface area contributed by atoms with E-state index in [0.717, 1.165) is 50.2 Å². The molecule has 0 saturated heterocycles. The Morgan fingerprint density at radius 1 is 1.19 bits per heavy atom. The fourth-order valence-corrected chi connectivity index (χ4v) is 5.55. The maximum Gasteiger partial charge on any atom is 0.490 e. The lowest BCUT2D eigenvalue weighted by Gasteiger charge is -2.18. The molecule has 3 rings (SSSR count). The van der Waals surface area contributed by atoms with Crippen molar-refractivity contribution in [2.24, 2.45) is 0 Å². The first-order chi connectivity index (χ1) is 14.4. The number of sulfonamides is 1. The second kappa shape index (κ2) is 10.7. The van der Waals surface area contributed by atoms with Gasteiger partial charge in [-0.25, -0.2) is 13.2 Å². The molecule has 2 N–H and O–H groups in total. The van der Waals surface area contributed by atoms with Gasteiger partial charge in [0.2, 0.25) is 0 Å². The van der Waals surface area contributed by atoms with Crippen molar-refractivity contribution in [1.82, 2.24) is 4.90 Å². The minimum absolute atomic E-state index is 0.233. The monoisotopic (exact) mass is 498 g/mol. The van der Waals surface area contributed by atoms with Crippen LogP contribution < -0.4 is 4.72 Å². The smallest absolute Gasteiger partial charge is 0.475 e. The lowest BCUT2D eigenvalue weighted by molar-refractivity contribution is -0.192. The summed E-state index contributed by atoms with van der Waals surface area (Å²) in [5, 5.41) is 7.12.